The first-order valence-electron chi connectivity index (χ1n) is 5.04. The zero-order valence-corrected chi connectivity index (χ0v) is 8.64. The summed E-state index contributed by atoms with van der Waals surface area (Å²) in [6.07, 6.45) is 4.99. The molecule has 0 fully saturated rings. The Morgan fingerprint density at radius 1 is 1.00 bits per heavy atom. The van der Waals surface area contributed by atoms with Gasteiger partial charge in [0.15, 0.2) is 6.29 Å². The molecule has 0 aliphatic carbocycles. The molecule has 0 N–H and O–H groups in total. The lowest BCUT2D eigenvalue weighted by Gasteiger charge is -2.12. The molecule has 0 saturated carbocycles. The van der Waals surface area contributed by atoms with Crippen molar-refractivity contribution in [1.82, 2.24) is 0 Å². The zero-order valence-electron chi connectivity index (χ0n) is 8.64. The molecular formula is C10H22O2. The molecule has 0 amide bonds. The molecule has 1 unspecified atom stereocenters. The quantitative estimate of drug-likeness (QED) is 0.416. The fourth-order valence-corrected chi connectivity index (χ4v) is 1.06. The van der Waals surface area contributed by atoms with Gasteiger partial charge in [0.25, 0.3) is 0 Å². The van der Waals surface area contributed by atoms with Crippen LogP contribution in [0, 0.1) is 0 Å². The van der Waals surface area contributed by atoms with Crippen LogP contribution in [0.5, 0.6) is 0 Å². The molecule has 0 aromatic carbocycles. The molecule has 0 rings (SSSR count). The molecule has 0 aromatic rings. The number of unbranched alkanes of at least 4 members (excludes halogenated alkanes) is 3. The van der Waals surface area contributed by atoms with Crippen LogP contribution in [0.15, 0.2) is 0 Å². The predicted molar refractivity (Wildman–Crippen MR) is 51.2 cm³/mol. The number of hydrogen-bond acceptors (Lipinski definition) is 2. The molecule has 0 saturated heterocycles. The van der Waals surface area contributed by atoms with Crippen LogP contribution >= 0.6 is 0 Å². The summed E-state index contributed by atoms with van der Waals surface area (Å²) in [6, 6.07) is 0. The average Bonchev–Trinajstić information content (AvgIpc) is 2.05. The minimum Gasteiger partial charge on any atom is -0.353 e. The van der Waals surface area contributed by atoms with Gasteiger partial charge in [0.1, 0.15) is 0 Å². The Labute approximate surface area is 76.3 Å². The molecular weight excluding hydrogens is 152 g/mol. The third-order valence-electron chi connectivity index (χ3n) is 1.75. The van der Waals surface area contributed by atoms with E-state index in [0.29, 0.717) is 0 Å². The minimum absolute atomic E-state index is 0.0309. The molecule has 0 aliphatic rings. The molecule has 0 aromatic heterocycles. The van der Waals surface area contributed by atoms with Gasteiger partial charge < -0.3 is 9.47 Å². The highest BCUT2D eigenvalue weighted by Gasteiger charge is 1.98. The highest BCUT2D eigenvalue weighted by Crippen LogP contribution is 2.01. The van der Waals surface area contributed by atoms with Gasteiger partial charge in [-0.15, -0.1) is 0 Å². The van der Waals surface area contributed by atoms with E-state index >= 15 is 0 Å². The van der Waals surface area contributed by atoms with Gasteiger partial charge in [-0.2, -0.15) is 0 Å². The third kappa shape index (κ3) is 8.02. The van der Waals surface area contributed by atoms with Gasteiger partial charge in [-0.05, 0) is 20.3 Å². The van der Waals surface area contributed by atoms with E-state index in [-0.39, 0.29) is 6.29 Å². The zero-order chi connectivity index (χ0) is 9.23. The van der Waals surface area contributed by atoms with Crippen molar-refractivity contribution in [1.29, 1.82) is 0 Å². The normalized spacial score (nSPS) is 13.2. The van der Waals surface area contributed by atoms with Crippen molar-refractivity contribution in [2.45, 2.75) is 52.7 Å². The molecule has 2 nitrogen and oxygen atoms in total. The molecule has 0 bridgehead atoms. The molecule has 0 spiro atoms. The van der Waals surface area contributed by atoms with Crippen LogP contribution in [0.3, 0.4) is 0 Å². The van der Waals surface area contributed by atoms with E-state index in [4.69, 9.17) is 9.47 Å². The fraction of sp³-hybridized carbons (Fsp3) is 1.00. The van der Waals surface area contributed by atoms with Crippen LogP contribution in [0.2, 0.25) is 0 Å². The van der Waals surface area contributed by atoms with E-state index < -0.39 is 0 Å². The highest BCUT2D eigenvalue weighted by atomic mass is 16.7. The topological polar surface area (TPSA) is 18.5 Å². The number of rotatable bonds is 8. The van der Waals surface area contributed by atoms with Crippen LogP contribution in [0.1, 0.15) is 46.5 Å². The van der Waals surface area contributed by atoms with Gasteiger partial charge in [-0.1, -0.05) is 26.2 Å². The van der Waals surface area contributed by atoms with Crippen molar-refractivity contribution in [3.05, 3.63) is 0 Å². The lowest BCUT2D eigenvalue weighted by atomic mass is 10.2. The van der Waals surface area contributed by atoms with E-state index in [1.807, 2.05) is 13.8 Å². The largest absolute Gasteiger partial charge is 0.353 e. The monoisotopic (exact) mass is 174 g/mol. The van der Waals surface area contributed by atoms with Crippen LogP contribution < -0.4 is 0 Å². The van der Waals surface area contributed by atoms with Crippen LogP contribution in [-0.2, 0) is 9.47 Å². The highest BCUT2D eigenvalue weighted by molar-refractivity contribution is 4.40. The van der Waals surface area contributed by atoms with Gasteiger partial charge in [-0.25, -0.2) is 0 Å². The Hall–Kier alpha value is -0.0800. The third-order valence-corrected chi connectivity index (χ3v) is 1.75. The average molecular weight is 174 g/mol. The maximum Gasteiger partial charge on any atom is 0.154 e. The summed E-state index contributed by atoms with van der Waals surface area (Å²) in [5, 5.41) is 0. The smallest absolute Gasteiger partial charge is 0.154 e. The Kier molecular flexibility index (Phi) is 8.95. The van der Waals surface area contributed by atoms with E-state index in [9.17, 15) is 0 Å². The minimum atomic E-state index is -0.0309. The molecule has 1 atom stereocenters. The lowest BCUT2D eigenvalue weighted by Crippen LogP contribution is -2.13. The molecule has 12 heavy (non-hydrogen) atoms. The van der Waals surface area contributed by atoms with Crippen molar-refractivity contribution < 1.29 is 9.47 Å². The summed E-state index contributed by atoms with van der Waals surface area (Å²) in [7, 11) is 0. The number of ether oxygens (including phenoxy) is 2. The summed E-state index contributed by atoms with van der Waals surface area (Å²) in [4.78, 5) is 0. The predicted octanol–water partition coefficient (Wildman–Crippen LogP) is 2.97. The van der Waals surface area contributed by atoms with Gasteiger partial charge in [0.2, 0.25) is 0 Å². The van der Waals surface area contributed by atoms with Gasteiger partial charge in [-0.3, -0.25) is 0 Å². The van der Waals surface area contributed by atoms with Gasteiger partial charge >= 0.3 is 0 Å². The van der Waals surface area contributed by atoms with Gasteiger partial charge in [0.05, 0.1) is 0 Å². The maximum atomic E-state index is 5.41. The fourth-order valence-electron chi connectivity index (χ4n) is 1.06. The molecule has 0 radical (unpaired) electrons. The van der Waals surface area contributed by atoms with Crippen LogP contribution in [0.4, 0.5) is 0 Å². The SMILES string of the molecule is CCCCCCOC(C)OCC. The Morgan fingerprint density at radius 2 is 1.75 bits per heavy atom. The Balaban J connectivity index is 2.97. The first-order chi connectivity index (χ1) is 5.81. The van der Waals surface area contributed by atoms with Gasteiger partial charge in [0, 0.05) is 13.2 Å². The second kappa shape index (κ2) is 9.01. The molecule has 2 heteroatoms. The first kappa shape index (κ1) is 11.9. The second-order valence-electron chi connectivity index (χ2n) is 2.95. The Bertz CT molecular complexity index is 83.9. The second-order valence-corrected chi connectivity index (χ2v) is 2.95. The summed E-state index contributed by atoms with van der Waals surface area (Å²) in [5.41, 5.74) is 0. The van der Waals surface area contributed by atoms with E-state index in [2.05, 4.69) is 6.92 Å². The molecule has 74 valence electrons. The van der Waals surface area contributed by atoms with Crippen molar-refractivity contribution in [3.8, 4) is 0 Å². The summed E-state index contributed by atoms with van der Waals surface area (Å²) in [5.74, 6) is 0. The van der Waals surface area contributed by atoms with Crippen molar-refractivity contribution >= 4 is 0 Å². The summed E-state index contributed by atoms with van der Waals surface area (Å²) >= 11 is 0. The van der Waals surface area contributed by atoms with E-state index in [1.165, 1.54) is 19.3 Å². The number of hydrogen-bond donors (Lipinski definition) is 0. The summed E-state index contributed by atoms with van der Waals surface area (Å²) < 4.78 is 10.6. The first-order valence-corrected chi connectivity index (χ1v) is 5.04. The lowest BCUT2D eigenvalue weighted by molar-refractivity contribution is -0.127. The molecule has 0 heterocycles. The van der Waals surface area contributed by atoms with Crippen LogP contribution in [0.25, 0.3) is 0 Å². The standard InChI is InChI=1S/C10H22O2/c1-4-6-7-8-9-12-10(3)11-5-2/h10H,4-9H2,1-3H3. The maximum absolute atomic E-state index is 5.41. The van der Waals surface area contributed by atoms with E-state index in [0.717, 1.165) is 19.6 Å². The van der Waals surface area contributed by atoms with Crippen molar-refractivity contribution in [2.24, 2.45) is 0 Å². The van der Waals surface area contributed by atoms with E-state index in [1.54, 1.807) is 0 Å². The molecule has 0 aliphatic heterocycles. The van der Waals surface area contributed by atoms with Crippen molar-refractivity contribution in [2.75, 3.05) is 13.2 Å². The summed E-state index contributed by atoms with van der Waals surface area (Å²) in [6.45, 7) is 7.71. The van der Waals surface area contributed by atoms with Crippen molar-refractivity contribution in [3.63, 3.8) is 0 Å². The Morgan fingerprint density at radius 3 is 2.33 bits per heavy atom. The van der Waals surface area contributed by atoms with Crippen LogP contribution in [-0.4, -0.2) is 19.5 Å².